The quantitative estimate of drug-likeness (QED) is 0.0387. The van der Waals surface area contributed by atoms with Crippen LogP contribution in [0.4, 0.5) is 0 Å². The van der Waals surface area contributed by atoms with Crippen LogP contribution in [0, 0.1) is 51.5 Å². The molecule has 16 aromatic rings. The fourth-order valence-electron chi connectivity index (χ4n) is 13.3. The van der Waals surface area contributed by atoms with Gasteiger partial charge in [-0.25, -0.2) is 9.69 Å². The van der Waals surface area contributed by atoms with Gasteiger partial charge in [0.25, 0.3) is 0 Å². The maximum Gasteiger partial charge on any atom is 0.212 e. The molecule has 0 amide bonds. The molecule has 16 aromatic carbocycles. The first-order valence-electron chi connectivity index (χ1n) is 54.2. The summed E-state index contributed by atoms with van der Waals surface area (Å²) in [4.78, 5) is 7.35. The van der Waals surface area contributed by atoms with E-state index in [9.17, 15) is 5.26 Å². The maximum atomic E-state index is 9.29. The Morgan fingerprint density at radius 3 is 0.500 bits per heavy atom. The van der Waals surface area contributed by atoms with Crippen LogP contribution in [-0.2, 0) is 32.7 Å². The first-order valence-corrected chi connectivity index (χ1v) is 54.2. The summed E-state index contributed by atoms with van der Waals surface area (Å²) in [6.45, 7) is 81.2. The molecule has 0 aliphatic heterocycles. The Labute approximate surface area is 945 Å². The van der Waals surface area contributed by atoms with Gasteiger partial charge in [0.2, 0.25) is 11.4 Å². The van der Waals surface area contributed by atoms with Gasteiger partial charge in [-0.05, 0) is 102 Å². The fourth-order valence-corrected chi connectivity index (χ4v) is 13.3. The fraction of sp³-hybridized carbons (Fsp3) is 0.226. The van der Waals surface area contributed by atoms with E-state index < -0.39 is 0 Å². The van der Waals surface area contributed by atoms with E-state index in [0.29, 0.717) is 17.0 Å². The largest absolute Gasteiger partial charge is 0.358 e. The molecule has 0 aliphatic carbocycles. The van der Waals surface area contributed by atoms with E-state index in [0.717, 1.165) is 66.8 Å². The normalized spacial score (nSPS) is 8.84. The second-order valence-electron chi connectivity index (χ2n) is 26.4. The molecule has 3 nitrogen and oxygen atoms in total. The minimum absolute atomic E-state index is 0. The number of hydrogen-bond acceptors (Lipinski definition) is 1. The van der Waals surface area contributed by atoms with E-state index in [1.165, 1.54) is 61.2 Å². The Hall–Kier alpha value is -14.5. The van der Waals surface area contributed by atoms with E-state index in [1.807, 2.05) is 397 Å². The zero-order valence-electron chi connectivity index (χ0n) is 98.6. The molecular formula is C146H185N3Y-4. The Kier molecular flexibility index (Phi) is 109. The molecule has 0 spiro atoms. The van der Waals surface area contributed by atoms with Crippen LogP contribution in [0.5, 0.6) is 0 Å². The summed E-state index contributed by atoms with van der Waals surface area (Å²) in [6, 6.07) is 167. The second kappa shape index (κ2) is 109. The SMILES string of the molecule is CC.CC.CC.CC.CC.CC.CC.CC.CC.CC.CC.CC.CC.CC.CC.CC.CC(=C(c1ccccc1)c1ccccc1)c1ccccc1.[C-]#[N+]/C(=C(/C#N)c1ccccc1)c1ccccc1.[C-]#[N+]C(=C(c1ccccc1)c1ccccc1)c1ccccc1.[C-](=C(C(=[C-]c1ccccc1)c1ccccc1)c1ccccc1)c1ccccc1.[CH3-].[CH3-].[Y].c1ccc(C(=C(c2ccccc2)c2ccccc2)c2ccccc2)cc1. The van der Waals surface area contributed by atoms with Gasteiger partial charge in [-0.1, -0.05) is 683 Å². The summed E-state index contributed by atoms with van der Waals surface area (Å²) in [7, 11) is 0. The van der Waals surface area contributed by atoms with Crippen LogP contribution in [0.25, 0.3) is 65.7 Å². The van der Waals surface area contributed by atoms with Crippen molar-refractivity contribution in [3.05, 3.63) is 624 Å². The van der Waals surface area contributed by atoms with Crippen molar-refractivity contribution in [3.63, 3.8) is 0 Å². The van der Waals surface area contributed by atoms with Crippen molar-refractivity contribution in [1.29, 1.82) is 5.26 Å². The molecule has 0 aromatic heterocycles. The first-order chi connectivity index (χ1) is 73.0. The number of benzene rings is 16. The molecule has 0 saturated heterocycles. The average Bonchev–Trinajstić information content (AvgIpc) is 0.770. The number of hydrogen-bond donors (Lipinski definition) is 0. The monoisotopic (exact) mass is 2070 g/mol. The van der Waals surface area contributed by atoms with Crippen molar-refractivity contribution in [2.45, 2.75) is 228 Å². The van der Waals surface area contributed by atoms with Gasteiger partial charge >= 0.3 is 0 Å². The first kappa shape index (κ1) is 151. The summed E-state index contributed by atoms with van der Waals surface area (Å²) in [6.07, 6.45) is 7.26. The molecular weight excluding hydrogens is 1880 g/mol. The van der Waals surface area contributed by atoms with Crippen LogP contribution in [-0.4, -0.2) is 0 Å². The van der Waals surface area contributed by atoms with Crippen molar-refractivity contribution < 1.29 is 32.7 Å². The van der Waals surface area contributed by atoms with Crippen LogP contribution in [0.2, 0.25) is 0 Å². The van der Waals surface area contributed by atoms with Gasteiger partial charge < -0.3 is 14.9 Å². The van der Waals surface area contributed by atoms with Gasteiger partial charge in [0.05, 0.1) is 24.8 Å². The molecule has 0 fully saturated rings. The van der Waals surface area contributed by atoms with Crippen LogP contribution in [0.3, 0.4) is 0 Å². The Bertz CT molecular complexity index is 5570. The summed E-state index contributed by atoms with van der Waals surface area (Å²) < 4.78 is 0. The van der Waals surface area contributed by atoms with Gasteiger partial charge in [-0.15, -0.1) is 46.5 Å². The summed E-state index contributed by atoms with van der Waals surface area (Å²) in [5.41, 5.74) is 27.2. The topological polar surface area (TPSA) is 32.5 Å². The summed E-state index contributed by atoms with van der Waals surface area (Å²) in [5.74, 6) is 0. The molecule has 0 atom stereocenters. The van der Waals surface area contributed by atoms with Crippen molar-refractivity contribution in [1.82, 2.24) is 0 Å². The molecule has 0 bridgehead atoms. The number of nitriles is 1. The molecule has 791 valence electrons. The van der Waals surface area contributed by atoms with Gasteiger partial charge in [-0.3, -0.25) is 0 Å². The predicted molar refractivity (Wildman–Crippen MR) is 677 cm³/mol. The third kappa shape index (κ3) is 56.6. The van der Waals surface area contributed by atoms with Crippen LogP contribution < -0.4 is 0 Å². The minimum Gasteiger partial charge on any atom is -0.358 e. The summed E-state index contributed by atoms with van der Waals surface area (Å²) >= 11 is 0. The molecule has 1 radical (unpaired) electrons. The van der Waals surface area contributed by atoms with Crippen LogP contribution in [0.1, 0.15) is 317 Å². The molecule has 0 heterocycles. The van der Waals surface area contributed by atoms with Crippen molar-refractivity contribution in [2.24, 2.45) is 0 Å². The van der Waals surface area contributed by atoms with Crippen molar-refractivity contribution >= 4 is 56.0 Å². The van der Waals surface area contributed by atoms with Crippen molar-refractivity contribution in [2.75, 3.05) is 0 Å². The molecule has 0 N–H and O–H groups in total. The molecule has 0 saturated carbocycles. The number of nitrogens with zero attached hydrogens (tertiary/aromatic N) is 3. The molecule has 0 aliphatic rings. The molecule has 16 rings (SSSR count). The minimum atomic E-state index is 0. The smallest absolute Gasteiger partial charge is 0.212 e. The Morgan fingerprint density at radius 2 is 0.320 bits per heavy atom. The van der Waals surface area contributed by atoms with E-state index in [4.69, 9.17) is 13.1 Å². The van der Waals surface area contributed by atoms with E-state index >= 15 is 0 Å². The van der Waals surface area contributed by atoms with Gasteiger partial charge in [0, 0.05) is 32.7 Å². The number of rotatable bonds is 17. The predicted octanol–water partition coefficient (Wildman–Crippen LogP) is 46.1. The zero-order chi connectivity index (χ0) is 111. The van der Waals surface area contributed by atoms with Gasteiger partial charge in [0.1, 0.15) is 0 Å². The molecule has 0 unspecified atom stereocenters. The molecule has 150 heavy (non-hydrogen) atoms. The van der Waals surface area contributed by atoms with E-state index in [2.05, 4.69) is 344 Å². The Balaban J connectivity index is -0.000000262. The standard InChI is InChI=1S/C28H20.C26H20.C21H15N.C21H18.C16H10N2.16C2H6.2CH3.Y/c1-5-13-23(14-6-1)21-27(25-17-9-3-10-18-25)28(26-19-11-4-12-20-26)22-24-15-7-2-8-16-24;1-5-13-21(14-6-1)25(22-15-7-2-8-16-22)26(23-17-9-3-10-18-23)24-19-11-4-12-20-24;1-22-21(19-15-9-4-10-16-19)20(17-11-5-2-6-12-17)18-13-7-3-8-14-18;1-17(18-11-5-2-6-12-18)21(19-13-7-3-8-14-19)20-15-9-4-10-16-20;1-18-16(14-10-6-3-7-11-14)15(12-17)13-8-4-2-5-9-13;16*1-2;;;/h1-20H;1-20H;2-16H;2-16H,1H3;2-11H;16*1-2H3;2*1H3;/q-2;;;;;;;;;;;;;;;;;;;;;2*-1;/b;;;;16-15-;;;;;;;;;;;;;;;;;;;. The van der Waals surface area contributed by atoms with Gasteiger partial charge in [0.15, 0.2) is 0 Å². The van der Waals surface area contributed by atoms with Crippen LogP contribution >= 0.6 is 0 Å². The summed E-state index contributed by atoms with van der Waals surface area (Å²) in [5, 5.41) is 9.29. The number of allylic oxidation sites excluding steroid dienone is 4. The van der Waals surface area contributed by atoms with E-state index in [-0.39, 0.29) is 47.6 Å². The van der Waals surface area contributed by atoms with Crippen molar-refractivity contribution in [3.8, 4) is 6.07 Å². The third-order valence-electron chi connectivity index (χ3n) is 18.8. The second-order valence-corrected chi connectivity index (χ2v) is 26.4. The zero-order valence-corrected chi connectivity index (χ0v) is 101. The average molecular weight is 2070 g/mol. The maximum absolute atomic E-state index is 9.29. The third-order valence-corrected chi connectivity index (χ3v) is 18.8. The molecule has 4 heteroatoms. The van der Waals surface area contributed by atoms with Crippen LogP contribution in [0.15, 0.2) is 485 Å². The van der Waals surface area contributed by atoms with E-state index in [1.54, 1.807) is 0 Å². The Morgan fingerprint density at radius 1 is 0.180 bits per heavy atom. The van der Waals surface area contributed by atoms with Gasteiger partial charge in [-0.2, -0.15) is 28.6 Å².